The topological polar surface area (TPSA) is 81.4 Å². The Morgan fingerprint density at radius 1 is 1.35 bits per heavy atom. The summed E-state index contributed by atoms with van der Waals surface area (Å²) in [7, 11) is -3.26. The Kier molecular flexibility index (Phi) is 5.56. The summed E-state index contributed by atoms with van der Waals surface area (Å²) in [5.74, 6) is 3.24. The van der Waals surface area contributed by atoms with E-state index in [0.717, 1.165) is 17.9 Å². The summed E-state index contributed by atoms with van der Waals surface area (Å²) in [6.07, 6.45) is 1.09. The van der Waals surface area contributed by atoms with Gasteiger partial charge in [-0.25, -0.2) is 13.1 Å². The molecule has 7 heteroatoms. The lowest BCUT2D eigenvalue weighted by atomic mass is 10.1. The van der Waals surface area contributed by atoms with Crippen LogP contribution in [0.15, 0.2) is 24.3 Å². The smallest absolute Gasteiger partial charge is 0.214 e. The van der Waals surface area contributed by atoms with Crippen molar-refractivity contribution < 1.29 is 13.2 Å². The van der Waals surface area contributed by atoms with Crippen molar-refractivity contribution in [2.24, 2.45) is 5.92 Å². The van der Waals surface area contributed by atoms with E-state index in [9.17, 15) is 8.42 Å². The van der Waals surface area contributed by atoms with E-state index >= 15 is 0 Å². The second kappa shape index (κ2) is 7.19. The Morgan fingerprint density at radius 3 is 2.75 bits per heavy atom. The second-order valence-corrected chi connectivity index (χ2v) is 7.89. The summed E-state index contributed by atoms with van der Waals surface area (Å²) < 4.78 is 31.7. The molecule has 1 fully saturated rings. The van der Waals surface area contributed by atoms with Crippen LogP contribution >= 0.6 is 11.8 Å². The number of rotatable bonds is 7. The van der Waals surface area contributed by atoms with Gasteiger partial charge >= 0.3 is 0 Å². The maximum Gasteiger partial charge on any atom is 0.214 e. The highest BCUT2D eigenvalue weighted by atomic mass is 32.2. The summed E-state index contributed by atoms with van der Waals surface area (Å²) in [6.45, 7) is 0.676. The van der Waals surface area contributed by atoms with E-state index < -0.39 is 10.0 Å². The van der Waals surface area contributed by atoms with Gasteiger partial charge in [-0.15, -0.1) is 0 Å². The molecule has 0 aromatic heterocycles. The van der Waals surface area contributed by atoms with Gasteiger partial charge in [0, 0.05) is 12.2 Å². The number of anilines is 1. The first-order valence-corrected chi connectivity index (χ1v) is 9.39. The van der Waals surface area contributed by atoms with E-state index in [-0.39, 0.29) is 12.4 Å². The molecule has 1 aromatic rings. The number of hydrogen-bond donors (Lipinski definition) is 2. The normalized spacial score (nSPS) is 19.1. The van der Waals surface area contributed by atoms with Gasteiger partial charge in [0.1, 0.15) is 12.4 Å². The number of sulfonamides is 1. The van der Waals surface area contributed by atoms with E-state index in [4.69, 9.17) is 10.5 Å². The average Bonchev–Trinajstić information content (AvgIpc) is 2.92. The number of hydrogen-bond acceptors (Lipinski definition) is 5. The molecule has 1 aliphatic rings. The molecule has 0 bridgehead atoms. The zero-order valence-corrected chi connectivity index (χ0v) is 12.9. The maximum atomic E-state index is 11.8. The van der Waals surface area contributed by atoms with E-state index in [0.29, 0.717) is 23.9 Å². The van der Waals surface area contributed by atoms with Crippen LogP contribution in [0, 0.1) is 5.92 Å². The molecule has 2 rings (SSSR count). The van der Waals surface area contributed by atoms with E-state index in [1.165, 1.54) is 0 Å². The molecule has 3 N–H and O–H groups in total. The standard InChI is InChI=1S/C13H20N2O3S2/c14-12-1-3-13(4-2-12)18-6-8-20(16,17)15-9-11-5-7-19-10-11/h1-4,11,15H,5-10,14H2. The number of nitrogens with two attached hydrogens (primary N) is 1. The van der Waals surface area contributed by atoms with Gasteiger partial charge in [0.25, 0.3) is 0 Å². The zero-order valence-electron chi connectivity index (χ0n) is 11.2. The Balaban J connectivity index is 1.70. The summed E-state index contributed by atoms with van der Waals surface area (Å²) in [4.78, 5) is 0. The quantitative estimate of drug-likeness (QED) is 0.742. The summed E-state index contributed by atoms with van der Waals surface area (Å²) in [5.41, 5.74) is 6.21. The third-order valence-electron chi connectivity index (χ3n) is 3.12. The SMILES string of the molecule is Nc1ccc(OCCS(=O)(=O)NCC2CCSC2)cc1. The predicted molar refractivity (Wildman–Crippen MR) is 83.6 cm³/mol. The average molecular weight is 316 g/mol. The third-order valence-corrected chi connectivity index (χ3v) is 5.66. The van der Waals surface area contributed by atoms with Crippen LogP contribution in [-0.4, -0.2) is 38.8 Å². The van der Waals surface area contributed by atoms with E-state index in [2.05, 4.69) is 4.72 Å². The highest BCUT2D eigenvalue weighted by Crippen LogP contribution is 2.22. The van der Waals surface area contributed by atoms with Crippen molar-refractivity contribution in [1.82, 2.24) is 4.72 Å². The third kappa shape index (κ3) is 5.22. The highest BCUT2D eigenvalue weighted by Gasteiger charge is 2.18. The number of nitrogen functional groups attached to an aromatic ring is 1. The summed E-state index contributed by atoms with van der Waals surface area (Å²) >= 11 is 1.88. The van der Waals surface area contributed by atoms with Gasteiger partial charge in [0.2, 0.25) is 10.0 Å². The largest absolute Gasteiger partial charge is 0.492 e. The van der Waals surface area contributed by atoms with Crippen LogP contribution in [0.4, 0.5) is 5.69 Å². The van der Waals surface area contributed by atoms with Gasteiger partial charge in [0.15, 0.2) is 0 Å². The van der Waals surface area contributed by atoms with Crippen LogP contribution in [-0.2, 0) is 10.0 Å². The molecule has 0 radical (unpaired) electrons. The predicted octanol–water partition coefficient (Wildman–Crippen LogP) is 1.32. The maximum absolute atomic E-state index is 11.8. The van der Waals surface area contributed by atoms with E-state index in [1.807, 2.05) is 11.8 Å². The number of ether oxygens (including phenoxy) is 1. The zero-order chi connectivity index (χ0) is 14.4. The Bertz CT molecular complexity index is 511. The van der Waals surface area contributed by atoms with Crippen molar-refractivity contribution in [1.29, 1.82) is 0 Å². The highest BCUT2D eigenvalue weighted by molar-refractivity contribution is 7.99. The van der Waals surface area contributed by atoms with Crippen LogP contribution in [0.5, 0.6) is 5.75 Å². The molecule has 0 aliphatic carbocycles. The van der Waals surface area contributed by atoms with Gasteiger partial charge in [-0.3, -0.25) is 0 Å². The van der Waals surface area contributed by atoms with Gasteiger partial charge in [-0.05, 0) is 48.1 Å². The lowest BCUT2D eigenvalue weighted by molar-refractivity contribution is 0.340. The van der Waals surface area contributed by atoms with Crippen LogP contribution < -0.4 is 15.2 Å². The minimum Gasteiger partial charge on any atom is -0.492 e. The molecule has 0 spiro atoms. The van der Waals surface area contributed by atoms with E-state index in [1.54, 1.807) is 24.3 Å². The number of nitrogens with one attached hydrogen (secondary N) is 1. The Morgan fingerprint density at radius 2 is 2.10 bits per heavy atom. The molecule has 0 saturated carbocycles. The van der Waals surface area contributed by atoms with Gasteiger partial charge in [-0.1, -0.05) is 0 Å². The molecule has 5 nitrogen and oxygen atoms in total. The Labute approximate surface area is 124 Å². The first-order chi connectivity index (χ1) is 9.55. The molecule has 1 aromatic carbocycles. The van der Waals surface area contributed by atoms with Crippen molar-refractivity contribution in [2.75, 3.05) is 36.1 Å². The summed E-state index contributed by atoms with van der Waals surface area (Å²) in [6, 6.07) is 6.90. The fraction of sp³-hybridized carbons (Fsp3) is 0.538. The molecule has 0 amide bonds. The van der Waals surface area contributed by atoms with Crippen LogP contribution in [0.25, 0.3) is 0 Å². The molecule has 1 heterocycles. The van der Waals surface area contributed by atoms with Gasteiger partial charge in [-0.2, -0.15) is 11.8 Å². The molecule has 1 aliphatic heterocycles. The van der Waals surface area contributed by atoms with Crippen molar-refractivity contribution in [3.63, 3.8) is 0 Å². The first kappa shape index (κ1) is 15.5. The lowest BCUT2D eigenvalue weighted by Gasteiger charge is -2.11. The fourth-order valence-corrected chi connectivity index (χ4v) is 4.12. The fourth-order valence-electron chi connectivity index (χ4n) is 1.89. The molecular weight excluding hydrogens is 296 g/mol. The minimum absolute atomic E-state index is 0.0305. The number of thioether (sulfide) groups is 1. The number of benzene rings is 1. The second-order valence-electron chi connectivity index (χ2n) is 4.81. The lowest BCUT2D eigenvalue weighted by Crippen LogP contribution is -2.33. The van der Waals surface area contributed by atoms with Crippen LogP contribution in [0.2, 0.25) is 0 Å². The Hall–Kier alpha value is -0.920. The van der Waals surface area contributed by atoms with Crippen LogP contribution in [0.3, 0.4) is 0 Å². The minimum atomic E-state index is -3.26. The van der Waals surface area contributed by atoms with Crippen molar-refractivity contribution >= 4 is 27.5 Å². The summed E-state index contributed by atoms with van der Waals surface area (Å²) in [5, 5.41) is 0. The van der Waals surface area contributed by atoms with Gasteiger partial charge in [0.05, 0.1) is 5.75 Å². The molecular formula is C13H20N2O3S2. The monoisotopic (exact) mass is 316 g/mol. The molecule has 20 heavy (non-hydrogen) atoms. The van der Waals surface area contributed by atoms with Crippen molar-refractivity contribution in [3.05, 3.63) is 24.3 Å². The van der Waals surface area contributed by atoms with Gasteiger partial charge < -0.3 is 10.5 Å². The molecule has 1 unspecified atom stereocenters. The molecule has 1 saturated heterocycles. The van der Waals surface area contributed by atoms with Crippen molar-refractivity contribution in [3.8, 4) is 5.75 Å². The van der Waals surface area contributed by atoms with Crippen molar-refractivity contribution in [2.45, 2.75) is 6.42 Å². The molecule has 1 atom stereocenters. The first-order valence-electron chi connectivity index (χ1n) is 6.58. The molecule has 112 valence electrons. The van der Waals surface area contributed by atoms with Crippen LogP contribution in [0.1, 0.15) is 6.42 Å².